The number of sulfonamides is 1. The Bertz CT molecular complexity index is 1480. The van der Waals surface area contributed by atoms with Crippen molar-refractivity contribution < 1.29 is 22.7 Å². The fourth-order valence-corrected chi connectivity index (χ4v) is 5.34. The first-order valence-electron chi connectivity index (χ1n) is 12.4. The zero-order valence-electron chi connectivity index (χ0n) is 21.3. The van der Waals surface area contributed by atoms with E-state index in [9.17, 15) is 13.2 Å². The molecule has 0 spiro atoms. The van der Waals surface area contributed by atoms with Crippen LogP contribution in [-0.2, 0) is 27.8 Å². The van der Waals surface area contributed by atoms with E-state index in [2.05, 4.69) is 10.0 Å². The highest BCUT2D eigenvalue weighted by Crippen LogP contribution is 2.27. The molecule has 202 valence electrons. The van der Waals surface area contributed by atoms with Crippen LogP contribution in [0.15, 0.2) is 108 Å². The Morgan fingerprint density at radius 1 is 0.846 bits per heavy atom. The van der Waals surface area contributed by atoms with Crippen molar-refractivity contribution in [3.05, 3.63) is 119 Å². The molecule has 0 aliphatic rings. The van der Waals surface area contributed by atoms with E-state index in [1.807, 2.05) is 60.7 Å². The van der Waals surface area contributed by atoms with Crippen LogP contribution in [0.5, 0.6) is 11.5 Å². The van der Waals surface area contributed by atoms with Gasteiger partial charge >= 0.3 is 0 Å². The highest BCUT2D eigenvalue weighted by atomic mass is 35.5. The van der Waals surface area contributed by atoms with Gasteiger partial charge in [-0.05, 0) is 66.9 Å². The molecule has 4 aromatic carbocycles. The lowest BCUT2D eigenvalue weighted by molar-refractivity contribution is -0.117. The SMILES string of the molecule is CCOc1ccc(S(=O)(=O)N[C@H](Cc2ccccc2)C(=O)Nc2ccc(OCc3ccccc3)cc2)cc1Cl. The predicted octanol–water partition coefficient (Wildman–Crippen LogP) is 5.85. The first-order chi connectivity index (χ1) is 18.8. The molecular weight excluding hydrogens is 536 g/mol. The maximum absolute atomic E-state index is 13.3. The lowest BCUT2D eigenvalue weighted by atomic mass is 10.1. The zero-order valence-corrected chi connectivity index (χ0v) is 22.9. The van der Waals surface area contributed by atoms with Crippen molar-refractivity contribution in [1.29, 1.82) is 0 Å². The standard InChI is InChI=1S/C30H29ClN2O5S/c1-2-37-29-18-17-26(20-27(29)31)39(35,36)33-28(19-22-9-5-3-6-10-22)30(34)32-24-13-15-25(16-14-24)38-21-23-11-7-4-8-12-23/h3-18,20,28,33H,2,19,21H2,1H3,(H,32,34)/t28-/m1/s1. The van der Waals surface area contributed by atoms with Gasteiger partial charge in [-0.3, -0.25) is 4.79 Å². The van der Waals surface area contributed by atoms with E-state index in [-0.39, 0.29) is 16.3 Å². The van der Waals surface area contributed by atoms with E-state index in [0.717, 1.165) is 11.1 Å². The molecule has 39 heavy (non-hydrogen) atoms. The normalized spacial score (nSPS) is 11.9. The minimum atomic E-state index is -4.08. The van der Waals surface area contributed by atoms with Gasteiger partial charge in [0.15, 0.2) is 0 Å². The molecule has 4 rings (SSSR count). The Morgan fingerprint density at radius 3 is 2.10 bits per heavy atom. The minimum Gasteiger partial charge on any atom is -0.492 e. The monoisotopic (exact) mass is 564 g/mol. The number of amides is 1. The van der Waals surface area contributed by atoms with Gasteiger partial charge in [0.25, 0.3) is 0 Å². The van der Waals surface area contributed by atoms with E-state index in [4.69, 9.17) is 21.1 Å². The topological polar surface area (TPSA) is 93.7 Å². The molecule has 0 radical (unpaired) electrons. The summed E-state index contributed by atoms with van der Waals surface area (Å²) in [4.78, 5) is 13.2. The number of anilines is 1. The third kappa shape index (κ3) is 8.07. The first kappa shape index (κ1) is 28.2. The molecule has 1 atom stereocenters. The van der Waals surface area contributed by atoms with Gasteiger partial charge in [-0.2, -0.15) is 4.72 Å². The van der Waals surface area contributed by atoms with E-state index >= 15 is 0 Å². The van der Waals surface area contributed by atoms with E-state index < -0.39 is 22.0 Å². The van der Waals surface area contributed by atoms with Gasteiger partial charge in [0.2, 0.25) is 15.9 Å². The van der Waals surface area contributed by atoms with Crippen LogP contribution in [0.3, 0.4) is 0 Å². The van der Waals surface area contributed by atoms with Gasteiger partial charge in [-0.15, -0.1) is 0 Å². The number of ether oxygens (including phenoxy) is 2. The molecule has 0 aliphatic carbocycles. The summed E-state index contributed by atoms with van der Waals surface area (Å²) >= 11 is 6.21. The number of nitrogens with one attached hydrogen (secondary N) is 2. The summed E-state index contributed by atoms with van der Waals surface area (Å²) in [5, 5.41) is 2.97. The first-order valence-corrected chi connectivity index (χ1v) is 14.3. The second-order valence-corrected chi connectivity index (χ2v) is 10.8. The summed E-state index contributed by atoms with van der Waals surface area (Å²) in [6.07, 6.45) is 0.148. The summed E-state index contributed by atoms with van der Waals surface area (Å²) in [6.45, 7) is 2.62. The molecular formula is C30H29ClN2O5S. The summed E-state index contributed by atoms with van der Waals surface area (Å²) in [6, 6.07) is 29.0. The molecule has 0 aliphatic heterocycles. The van der Waals surface area contributed by atoms with Crippen LogP contribution in [0.1, 0.15) is 18.1 Å². The van der Waals surface area contributed by atoms with Crippen LogP contribution in [0.25, 0.3) is 0 Å². The zero-order chi connectivity index (χ0) is 27.7. The van der Waals surface area contributed by atoms with E-state index in [0.29, 0.717) is 30.4 Å². The van der Waals surface area contributed by atoms with Crippen molar-refractivity contribution in [2.45, 2.75) is 30.9 Å². The van der Waals surface area contributed by atoms with Crippen LogP contribution in [0, 0.1) is 0 Å². The fourth-order valence-electron chi connectivity index (χ4n) is 3.82. The number of carbonyl (C=O) groups is 1. The number of hydrogen-bond acceptors (Lipinski definition) is 5. The Labute approximate surface area is 233 Å². The molecule has 0 unspecified atom stereocenters. The third-order valence-electron chi connectivity index (χ3n) is 5.78. The van der Waals surface area contributed by atoms with E-state index in [1.54, 1.807) is 31.2 Å². The van der Waals surface area contributed by atoms with Crippen molar-refractivity contribution in [1.82, 2.24) is 4.72 Å². The average molecular weight is 565 g/mol. The molecule has 2 N–H and O–H groups in total. The lowest BCUT2D eigenvalue weighted by Gasteiger charge is -2.19. The molecule has 0 aromatic heterocycles. The van der Waals surface area contributed by atoms with Crippen LogP contribution in [0.2, 0.25) is 5.02 Å². The Balaban J connectivity index is 1.48. The summed E-state index contributed by atoms with van der Waals surface area (Å²) < 4.78 is 40.2. The molecule has 0 saturated heterocycles. The Morgan fingerprint density at radius 2 is 1.49 bits per heavy atom. The largest absolute Gasteiger partial charge is 0.492 e. The maximum Gasteiger partial charge on any atom is 0.242 e. The van der Waals surface area contributed by atoms with Crippen molar-refractivity contribution in [2.24, 2.45) is 0 Å². The molecule has 0 heterocycles. The van der Waals surface area contributed by atoms with Crippen LogP contribution in [-0.4, -0.2) is 27.0 Å². The second-order valence-electron chi connectivity index (χ2n) is 8.68. The van der Waals surface area contributed by atoms with Crippen molar-refractivity contribution in [2.75, 3.05) is 11.9 Å². The van der Waals surface area contributed by atoms with Crippen LogP contribution < -0.4 is 19.5 Å². The molecule has 0 saturated carbocycles. The number of halogens is 1. The summed E-state index contributed by atoms with van der Waals surface area (Å²) in [5.74, 6) is 0.524. The summed E-state index contributed by atoms with van der Waals surface area (Å²) in [5.41, 5.74) is 2.35. The summed E-state index contributed by atoms with van der Waals surface area (Å²) in [7, 11) is -4.08. The molecule has 1 amide bonds. The lowest BCUT2D eigenvalue weighted by Crippen LogP contribution is -2.45. The maximum atomic E-state index is 13.3. The van der Waals surface area contributed by atoms with Gasteiger partial charge in [-0.25, -0.2) is 8.42 Å². The Hall–Kier alpha value is -3.85. The number of benzene rings is 4. The van der Waals surface area contributed by atoms with Crippen molar-refractivity contribution in [3.63, 3.8) is 0 Å². The Kier molecular flexibility index (Phi) is 9.59. The second kappa shape index (κ2) is 13.3. The average Bonchev–Trinajstić information content (AvgIpc) is 2.94. The van der Waals surface area contributed by atoms with Gasteiger partial charge in [0.05, 0.1) is 16.5 Å². The van der Waals surface area contributed by atoms with Gasteiger partial charge < -0.3 is 14.8 Å². The number of carbonyl (C=O) groups excluding carboxylic acids is 1. The van der Waals surface area contributed by atoms with Crippen LogP contribution >= 0.6 is 11.6 Å². The quantitative estimate of drug-likeness (QED) is 0.225. The van der Waals surface area contributed by atoms with Gasteiger partial charge in [0.1, 0.15) is 24.1 Å². The fraction of sp³-hybridized carbons (Fsp3) is 0.167. The molecule has 9 heteroatoms. The smallest absolute Gasteiger partial charge is 0.242 e. The highest BCUT2D eigenvalue weighted by molar-refractivity contribution is 7.89. The molecule has 0 fully saturated rings. The third-order valence-corrected chi connectivity index (χ3v) is 7.54. The molecule has 4 aromatic rings. The van der Waals surface area contributed by atoms with Gasteiger partial charge in [-0.1, -0.05) is 72.3 Å². The minimum absolute atomic E-state index is 0.0678. The number of hydrogen-bond donors (Lipinski definition) is 2. The molecule has 7 nitrogen and oxygen atoms in total. The number of rotatable bonds is 12. The highest BCUT2D eigenvalue weighted by Gasteiger charge is 2.27. The predicted molar refractivity (Wildman–Crippen MR) is 153 cm³/mol. The van der Waals surface area contributed by atoms with E-state index in [1.165, 1.54) is 18.2 Å². The molecule has 0 bridgehead atoms. The van der Waals surface area contributed by atoms with Gasteiger partial charge in [0, 0.05) is 5.69 Å². The van der Waals surface area contributed by atoms with Crippen molar-refractivity contribution >= 4 is 33.2 Å². The van der Waals surface area contributed by atoms with Crippen molar-refractivity contribution in [3.8, 4) is 11.5 Å². The van der Waals surface area contributed by atoms with Crippen LogP contribution in [0.4, 0.5) is 5.69 Å².